The van der Waals surface area contributed by atoms with Gasteiger partial charge in [0.1, 0.15) is 0 Å². The molecule has 2 nitrogen and oxygen atoms in total. The SMILES string of the molecule is CCCCCCCCCCCCc1ccc(Nc2ccc3c(c2)C2(c4cc(C(C)(CC)CC)ccc4-3)c3ccccc3-n3c4ccccc4c4cccc2c43)cc1. The summed E-state index contributed by atoms with van der Waals surface area (Å²) in [6.45, 7) is 9.44. The number of hydrogen-bond acceptors (Lipinski definition) is 1. The van der Waals surface area contributed by atoms with Crippen molar-refractivity contribution in [2.75, 3.05) is 5.32 Å². The molecule has 0 saturated heterocycles. The molecule has 1 spiro atoms. The van der Waals surface area contributed by atoms with Gasteiger partial charge in [0.2, 0.25) is 0 Å². The summed E-state index contributed by atoms with van der Waals surface area (Å²) in [5.41, 5.74) is 16.8. The molecule has 1 aliphatic carbocycles. The van der Waals surface area contributed by atoms with E-state index < -0.39 is 5.41 Å². The Morgan fingerprint density at radius 3 is 1.89 bits per heavy atom. The molecule has 1 unspecified atom stereocenters. The predicted octanol–water partition coefficient (Wildman–Crippen LogP) is 15.7. The van der Waals surface area contributed by atoms with Gasteiger partial charge in [-0.25, -0.2) is 0 Å². The molecule has 1 atom stereocenters. The van der Waals surface area contributed by atoms with Gasteiger partial charge >= 0.3 is 0 Å². The fraction of sp³-hybridized carbons (Fsp3) is 0.345. The Kier molecular flexibility index (Phi) is 10.3. The van der Waals surface area contributed by atoms with E-state index in [2.05, 4.69) is 165 Å². The lowest BCUT2D eigenvalue weighted by Crippen LogP contribution is -2.34. The lowest BCUT2D eigenvalue weighted by molar-refractivity contribution is 0.438. The summed E-state index contributed by atoms with van der Waals surface area (Å²) in [5.74, 6) is 0. The first-order valence-corrected chi connectivity index (χ1v) is 22.3. The smallest absolute Gasteiger partial charge is 0.0755 e. The van der Waals surface area contributed by atoms with Gasteiger partial charge in [-0.15, -0.1) is 0 Å². The van der Waals surface area contributed by atoms with Gasteiger partial charge in [-0.05, 0) is 112 Å². The van der Waals surface area contributed by atoms with Gasteiger partial charge in [0.15, 0.2) is 0 Å². The van der Waals surface area contributed by atoms with Crippen LogP contribution in [0.1, 0.15) is 138 Å². The van der Waals surface area contributed by atoms with Crippen LogP contribution in [-0.4, -0.2) is 4.57 Å². The van der Waals surface area contributed by atoms with Crippen molar-refractivity contribution < 1.29 is 0 Å². The Morgan fingerprint density at radius 1 is 0.526 bits per heavy atom. The van der Waals surface area contributed by atoms with E-state index in [0.717, 1.165) is 30.6 Å². The number of nitrogens with one attached hydrogen (secondary N) is 1. The number of rotatable bonds is 16. The average molecular weight is 749 g/mol. The molecule has 1 aromatic heterocycles. The van der Waals surface area contributed by atoms with E-state index in [1.54, 1.807) is 0 Å². The highest BCUT2D eigenvalue weighted by molar-refractivity contribution is 6.12. The monoisotopic (exact) mass is 748 g/mol. The number of hydrogen-bond donors (Lipinski definition) is 1. The zero-order valence-corrected chi connectivity index (χ0v) is 34.8. The first-order valence-electron chi connectivity index (χ1n) is 22.3. The van der Waals surface area contributed by atoms with E-state index in [1.165, 1.54) is 136 Å². The summed E-state index contributed by atoms with van der Waals surface area (Å²) in [5, 5.41) is 6.49. The molecule has 2 heteroatoms. The van der Waals surface area contributed by atoms with E-state index in [1.807, 2.05) is 0 Å². The third kappa shape index (κ3) is 6.31. The van der Waals surface area contributed by atoms with Crippen LogP contribution in [0, 0.1) is 0 Å². The highest BCUT2D eigenvalue weighted by Gasteiger charge is 2.51. The Labute approximate surface area is 341 Å². The molecule has 57 heavy (non-hydrogen) atoms. The highest BCUT2D eigenvalue weighted by Crippen LogP contribution is 2.62. The minimum atomic E-state index is -0.472. The Balaban J connectivity index is 1.08. The van der Waals surface area contributed by atoms with Crippen LogP contribution in [0.25, 0.3) is 38.6 Å². The molecule has 9 rings (SSSR count). The molecule has 7 aromatic rings. The minimum Gasteiger partial charge on any atom is -0.356 e. The second-order valence-corrected chi connectivity index (χ2v) is 17.4. The van der Waals surface area contributed by atoms with E-state index in [0.29, 0.717) is 0 Å². The maximum absolute atomic E-state index is 3.86. The second-order valence-electron chi connectivity index (χ2n) is 17.4. The number of aryl methyl sites for hydroxylation is 1. The normalized spacial score (nSPS) is 15.3. The Morgan fingerprint density at radius 2 is 1.14 bits per heavy atom. The second kappa shape index (κ2) is 15.7. The van der Waals surface area contributed by atoms with E-state index >= 15 is 0 Å². The van der Waals surface area contributed by atoms with Crippen molar-refractivity contribution in [3.8, 4) is 16.8 Å². The molecule has 0 saturated carbocycles. The highest BCUT2D eigenvalue weighted by atomic mass is 15.0. The predicted molar refractivity (Wildman–Crippen MR) is 245 cm³/mol. The van der Waals surface area contributed by atoms with Gasteiger partial charge in [0, 0.05) is 22.1 Å². The van der Waals surface area contributed by atoms with Crippen LogP contribution in [0.3, 0.4) is 0 Å². The van der Waals surface area contributed by atoms with E-state index in [-0.39, 0.29) is 5.41 Å². The Bertz CT molecular complexity index is 2530. The standard InChI is InChI=1S/C55H60N2/c1-5-8-9-10-11-12-13-14-15-16-22-39-29-32-41(33-30-39)56-42-34-36-44-43-35-31-40(54(4,6-2)7-3)37-49(43)55(50(44)38-42)47-25-18-20-28-52(47)57-51-27-19-17-23-45(51)46-24-21-26-48(55)53(46)57/h17-21,23-38,56H,5-16,22H2,1-4H3. The molecule has 290 valence electrons. The largest absolute Gasteiger partial charge is 0.356 e. The van der Waals surface area contributed by atoms with E-state index in [4.69, 9.17) is 0 Å². The molecule has 1 aliphatic heterocycles. The van der Waals surface area contributed by atoms with Crippen molar-refractivity contribution in [2.24, 2.45) is 0 Å². The molecular formula is C55H60N2. The van der Waals surface area contributed by atoms with Crippen LogP contribution in [0.5, 0.6) is 0 Å². The molecule has 0 fully saturated rings. The van der Waals surface area contributed by atoms with Gasteiger partial charge in [0.05, 0.1) is 22.1 Å². The third-order valence-electron chi connectivity index (χ3n) is 14.1. The van der Waals surface area contributed by atoms with Crippen LogP contribution in [0.2, 0.25) is 0 Å². The van der Waals surface area contributed by atoms with Gasteiger partial charge in [0.25, 0.3) is 0 Å². The summed E-state index contributed by atoms with van der Waals surface area (Å²) in [7, 11) is 0. The van der Waals surface area contributed by atoms with Crippen molar-refractivity contribution >= 4 is 33.2 Å². The van der Waals surface area contributed by atoms with Crippen LogP contribution < -0.4 is 5.32 Å². The lowest BCUT2D eigenvalue weighted by atomic mass is 9.64. The fourth-order valence-corrected chi connectivity index (χ4v) is 10.5. The minimum absolute atomic E-state index is 0.104. The summed E-state index contributed by atoms with van der Waals surface area (Å²) >= 11 is 0. The number of aromatic nitrogens is 1. The van der Waals surface area contributed by atoms with Crippen molar-refractivity contribution in [2.45, 2.75) is 122 Å². The van der Waals surface area contributed by atoms with Gasteiger partial charge in [-0.1, -0.05) is 176 Å². The molecule has 1 N–H and O–H groups in total. The number of benzene rings is 6. The van der Waals surface area contributed by atoms with Crippen LogP contribution in [0.4, 0.5) is 11.4 Å². The molecule has 0 bridgehead atoms. The number of para-hydroxylation sites is 3. The summed E-state index contributed by atoms with van der Waals surface area (Å²) in [6.07, 6.45) is 17.1. The molecular weight excluding hydrogens is 689 g/mol. The van der Waals surface area contributed by atoms with Crippen molar-refractivity contribution in [1.82, 2.24) is 4.57 Å². The average Bonchev–Trinajstić information content (AvgIpc) is 3.74. The lowest BCUT2D eigenvalue weighted by Gasteiger charge is -2.40. The molecule has 0 amide bonds. The zero-order valence-electron chi connectivity index (χ0n) is 34.8. The van der Waals surface area contributed by atoms with E-state index in [9.17, 15) is 0 Å². The summed E-state index contributed by atoms with van der Waals surface area (Å²) in [4.78, 5) is 0. The zero-order chi connectivity index (χ0) is 39.0. The van der Waals surface area contributed by atoms with Crippen LogP contribution in [-0.2, 0) is 17.3 Å². The maximum atomic E-state index is 3.86. The molecule has 0 radical (unpaired) electrons. The van der Waals surface area contributed by atoms with Gasteiger partial charge in [-0.3, -0.25) is 0 Å². The van der Waals surface area contributed by atoms with Crippen molar-refractivity contribution in [3.05, 3.63) is 161 Å². The molecule has 2 aliphatic rings. The number of fused-ring (bicyclic) bond motifs is 12. The number of unbranched alkanes of at least 4 members (excludes halogenated alkanes) is 9. The topological polar surface area (TPSA) is 17.0 Å². The Hall–Kier alpha value is -5.08. The first kappa shape index (κ1) is 37.5. The molecule has 6 aromatic carbocycles. The van der Waals surface area contributed by atoms with Crippen molar-refractivity contribution in [3.63, 3.8) is 0 Å². The van der Waals surface area contributed by atoms with Gasteiger partial charge < -0.3 is 9.88 Å². The summed E-state index contributed by atoms with van der Waals surface area (Å²) in [6, 6.07) is 49.1. The number of anilines is 2. The van der Waals surface area contributed by atoms with Crippen LogP contribution >= 0.6 is 0 Å². The van der Waals surface area contributed by atoms with Crippen molar-refractivity contribution in [1.29, 1.82) is 0 Å². The number of nitrogens with zero attached hydrogens (tertiary/aromatic N) is 1. The molecule has 2 heterocycles. The fourth-order valence-electron chi connectivity index (χ4n) is 10.5. The maximum Gasteiger partial charge on any atom is 0.0755 e. The van der Waals surface area contributed by atoms with Gasteiger partial charge in [-0.2, -0.15) is 0 Å². The third-order valence-corrected chi connectivity index (χ3v) is 14.1. The quantitative estimate of drug-likeness (QED) is 0.0974. The van der Waals surface area contributed by atoms with Crippen LogP contribution in [0.15, 0.2) is 127 Å². The summed E-state index contributed by atoms with van der Waals surface area (Å²) < 4.78 is 2.55. The first-order chi connectivity index (χ1) is 28.0.